The van der Waals surface area contributed by atoms with Gasteiger partial charge in [0.25, 0.3) is 12.3 Å². The molecule has 2 atom stereocenters. The van der Waals surface area contributed by atoms with Gasteiger partial charge in [-0.2, -0.15) is 18.3 Å². The Bertz CT molecular complexity index is 1930. The highest BCUT2D eigenvalue weighted by atomic mass is 35.5. The van der Waals surface area contributed by atoms with E-state index in [-0.39, 0.29) is 22.9 Å². The third kappa shape index (κ3) is 5.28. The molecule has 1 saturated carbocycles. The first-order chi connectivity index (χ1) is 22.1. The Hall–Kier alpha value is -4.57. The number of carbonyl (C=O) groups excluding carboxylic acids is 2. The number of carbonyl (C=O) groups is 2. The summed E-state index contributed by atoms with van der Waals surface area (Å²) in [5.41, 5.74) is -4.16. The Morgan fingerprint density at radius 1 is 1.23 bits per heavy atom. The number of hydrogen-bond acceptors (Lipinski definition) is 7. The number of halogens is 7. The molecular weight excluding hydrogens is 660 g/mol. The number of aromatic nitrogens is 3. The van der Waals surface area contributed by atoms with E-state index in [1.165, 1.54) is 19.2 Å². The van der Waals surface area contributed by atoms with E-state index in [4.69, 9.17) is 26.8 Å². The minimum atomic E-state index is -5.58. The zero-order valence-corrected chi connectivity index (χ0v) is 24.9. The third-order valence-electron chi connectivity index (χ3n) is 8.29. The number of rotatable bonds is 9. The lowest BCUT2D eigenvalue weighted by Crippen LogP contribution is -2.52. The molecule has 0 saturated heterocycles. The van der Waals surface area contributed by atoms with Crippen molar-refractivity contribution in [1.82, 2.24) is 20.1 Å². The first-order valence-corrected chi connectivity index (χ1v) is 14.3. The van der Waals surface area contributed by atoms with Crippen LogP contribution in [0.1, 0.15) is 40.5 Å². The molecule has 10 nitrogen and oxygen atoms in total. The summed E-state index contributed by atoms with van der Waals surface area (Å²) < 4.78 is 99.5. The van der Waals surface area contributed by atoms with E-state index in [1.807, 2.05) is 5.32 Å². The van der Waals surface area contributed by atoms with Crippen LogP contribution in [0.5, 0.6) is 11.5 Å². The van der Waals surface area contributed by atoms with Crippen LogP contribution in [-0.2, 0) is 15.8 Å². The van der Waals surface area contributed by atoms with Crippen molar-refractivity contribution >= 4 is 34.3 Å². The number of nitrogens with one attached hydrogen (secondary N) is 1. The number of alkyl halides is 5. The number of hydrogen-bond donors (Lipinski definition) is 3. The molecule has 2 aliphatic rings. The van der Waals surface area contributed by atoms with Crippen LogP contribution in [0.25, 0.3) is 22.2 Å². The van der Waals surface area contributed by atoms with Gasteiger partial charge in [0.2, 0.25) is 11.5 Å². The predicted molar refractivity (Wildman–Crippen MR) is 154 cm³/mol. The van der Waals surface area contributed by atoms with Gasteiger partial charge < -0.3 is 25.6 Å². The molecule has 1 aliphatic carbocycles. The van der Waals surface area contributed by atoms with Gasteiger partial charge in [-0.3, -0.25) is 14.3 Å². The number of aliphatic hydroxyl groups is 1. The second-order valence-corrected chi connectivity index (χ2v) is 11.7. The van der Waals surface area contributed by atoms with Crippen molar-refractivity contribution in [3.63, 3.8) is 0 Å². The van der Waals surface area contributed by atoms with E-state index in [0.717, 1.165) is 31.0 Å². The van der Waals surface area contributed by atoms with E-state index in [1.54, 1.807) is 10.9 Å². The third-order valence-corrected chi connectivity index (χ3v) is 8.58. The van der Waals surface area contributed by atoms with Gasteiger partial charge in [-0.1, -0.05) is 11.6 Å². The Morgan fingerprint density at radius 2 is 1.96 bits per heavy atom. The van der Waals surface area contributed by atoms with Crippen molar-refractivity contribution in [1.29, 1.82) is 0 Å². The molecule has 1 aliphatic heterocycles. The summed E-state index contributed by atoms with van der Waals surface area (Å²) in [5, 5.41) is 17.7. The number of ether oxygens (including phenoxy) is 2. The number of nitrogens with two attached hydrogens (primary N) is 1. The van der Waals surface area contributed by atoms with Crippen LogP contribution in [-0.4, -0.2) is 64.5 Å². The average Bonchev–Trinajstić information content (AvgIpc) is 3.65. The van der Waals surface area contributed by atoms with E-state index >= 15 is 0 Å². The summed E-state index contributed by atoms with van der Waals surface area (Å²) in [5.74, 6) is -3.95. The maximum Gasteiger partial charge on any atom is 0.424 e. The standard InChI is InChI=1S/C30H24ClF6N5O5/c1-46-20-8-14(6-15-10-42(16-3-4-16)41-22(15)20)25(43)39-11-29(45,30(35,36)37)21-9-17-24(47-12-28(17,26(33)34)27(38)44)23(40-21)13-2-5-19(32)18(31)7-13/h2,5-10,16,26,45H,3-4,11-12H2,1H3,(H2,38,44)(H,39,43)/t28-,29?/m1/s1. The minimum Gasteiger partial charge on any atom is -0.494 e. The molecule has 2 aromatic heterocycles. The fourth-order valence-electron chi connectivity index (χ4n) is 5.40. The highest BCUT2D eigenvalue weighted by Crippen LogP contribution is 2.50. The van der Waals surface area contributed by atoms with Crippen LogP contribution in [0, 0.1) is 5.82 Å². The quantitative estimate of drug-likeness (QED) is 0.215. The number of benzene rings is 2. The van der Waals surface area contributed by atoms with Gasteiger partial charge in [-0.25, -0.2) is 18.2 Å². The highest BCUT2D eigenvalue weighted by molar-refractivity contribution is 6.31. The lowest BCUT2D eigenvalue weighted by atomic mass is 9.80. The number of methoxy groups -OCH3 is 1. The van der Waals surface area contributed by atoms with Crippen LogP contribution in [0.3, 0.4) is 0 Å². The van der Waals surface area contributed by atoms with Gasteiger partial charge in [0.05, 0.1) is 30.4 Å². The maximum absolute atomic E-state index is 14.8. The van der Waals surface area contributed by atoms with Crippen molar-refractivity contribution in [3.8, 4) is 22.8 Å². The number of fused-ring (bicyclic) bond motifs is 2. The zero-order valence-electron chi connectivity index (χ0n) is 24.2. The van der Waals surface area contributed by atoms with Crippen LogP contribution >= 0.6 is 11.6 Å². The Morgan fingerprint density at radius 3 is 2.55 bits per heavy atom. The van der Waals surface area contributed by atoms with E-state index in [0.29, 0.717) is 17.0 Å². The largest absolute Gasteiger partial charge is 0.494 e. The average molecular weight is 684 g/mol. The first kappa shape index (κ1) is 32.4. The predicted octanol–water partition coefficient (Wildman–Crippen LogP) is 4.79. The topological polar surface area (TPSA) is 142 Å². The molecule has 6 rings (SSSR count). The van der Waals surface area contributed by atoms with Gasteiger partial charge in [-0.15, -0.1) is 0 Å². The first-order valence-electron chi connectivity index (χ1n) is 14.0. The summed E-state index contributed by atoms with van der Waals surface area (Å²) in [4.78, 5) is 29.5. The molecule has 0 spiro atoms. The van der Waals surface area contributed by atoms with Gasteiger partial charge in [0.15, 0.2) is 5.41 Å². The second kappa shape index (κ2) is 11.3. The molecule has 2 aromatic carbocycles. The maximum atomic E-state index is 14.8. The highest BCUT2D eigenvalue weighted by Gasteiger charge is 2.60. The summed E-state index contributed by atoms with van der Waals surface area (Å²) in [6, 6.07) is 6.10. The van der Waals surface area contributed by atoms with Crippen molar-refractivity contribution in [2.45, 2.75) is 42.5 Å². The molecule has 1 unspecified atom stereocenters. The molecule has 248 valence electrons. The number of pyridine rings is 1. The summed E-state index contributed by atoms with van der Waals surface area (Å²) in [7, 11) is 1.33. The Labute approximate surface area is 266 Å². The molecule has 4 aromatic rings. The SMILES string of the molecule is COc1cc(C(=O)NCC(O)(c2cc3c(c(-c4ccc(F)c(Cl)c4)n2)OC[C@]3(C(N)=O)C(F)F)C(F)(F)F)cc2cn(C3CC3)nc12. The lowest BCUT2D eigenvalue weighted by Gasteiger charge is -2.32. The summed E-state index contributed by atoms with van der Waals surface area (Å²) >= 11 is 5.87. The molecule has 0 radical (unpaired) electrons. The van der Waals surface area contributed by atoms with Crippen LogP contribution in [0.2, 0.25) is 5.02 Å². The number of primary amides is 1. The van der Waals surface area contributed by atoms with E-state index in [9.17, 15) is 41.0 Å². The van der Waals surface area contributed by atoms with Crippen molar-refractivity contribution < 1.29 is 50.5 Å². The number of nitrogens with zero attached hydrogens (tertiary/aromatic N) is 3. The Balaban J connectivity index is 1.44. The Kier molecular flexibility index (Phi) is 7.78. The van der Waals surface area contributed by atoms with Crippen LogP contribution < -0.4 is 20.5 Å². The smallest absolute Gasteiger partial charge is 0.424 e. The van der Waals surface area contributed by atoms with E-state index in [2.05, 4.69) is 10.1 Å². The normalized spacial score (nSPS) is 18.9. The summed E-state index contributed by atoms with van der Waals surface area (Å²) in [6.07, 6.45) is -5.64. The molecule has 1 fully saturated rings. The van der Waals surface area contributed by atoms with E-state index < -0.39 is 82.1 Å². The minimum absolute atomic E-state index is 0.128. The van der Waals surface area contributed by atoms with Gasteiger partial charge in [0.1, 0.15) is 35.1 Å². The molecule has 2 amide bonds. The van der Waals surface area contributed by atoms with Crippen molar-refractivity contribution in [2.75, 3.05) is 20.3 Å². The molecule has 17 heteroatoms. The monoisotopic (exact) mass is 683 g/mol. The van der Waals surface area contributed by atoms with Crippen molar-refractivity contribution in [2.24, 2.45) is 5.73 Å². The van der Waals surface area contributed by atoms with Crippen LogP contribution in [0.4, 0.5) is 26.3 Å². The van der Waals surface area contributed by atoms with Gasteiger partial charge in [-0.05, 0) is 49.2 Å². The van der Waals surface area contributed by atoms with Crippen LogP contribution in [0.15, 0.2) is 42.6 Å². The molecule has 0 bridgehead atoms. The molecule has 47 heavy (non-hydrogen) atoms. The fourth-order valence-corrected chi connectivity index (χ4v) is 5.58. The number of amides is 2. The van der Waals surface area contributed by atoms with Crippen molar-refractivity contribution in [3.05, 3.63) is 70.3 Å². The molecular formula is C30H24ClF6N5O5. The zero-order chi connectivity index (χ0) is 34.1. The van der Waals surface area contributed by atoms with Gasteiger partial charge in [0, 0.05) is 28.3 Å². The second-order valence-electron chi connectivity index (χ2n) is 11.3. The molecule has 4 N–H and O–H groups in total. The fraction of sp³-hybridized carbons (Fsp3) is 0.333. The lowest BCUT2D eigenvalue weighted by molar-refractivity contribution is -0.265. The molecule has 3 heterocycles. The summed E-state index contributed by atoms with van der Waals surface area (Å²) in [6.45, 7) is -2.61. The van der Waals surface area contributed by atoms with Gasteiger partial charge >= 0.3 is 6.18 Å².